The Morgan fingerprint density at radius 3 is 2.88 bits per heavy atom. The number of fused-ring (bicyclic) bond motifs is 1. The number of benzene rings is 1. The van der Waals surface area contributed by atoms with Crippen molar-refractivity contribution in [2.45, 2.75) is 0 Å². The Kier molecular flexibility index (Phi) is 2.51. The van der Waals surface area contributed by atoms with Gasteiger partial charge in [0.05, 0.1) is 11.6 Å². The Labute approximate surface area is 89.7 Å². The summed E-state index contributed by atoms with van der Waals surface area (Å²) in [7, 11) is 0. The van der Waals surface area contributed by atoms with Gasteiger partial charge in [-0.15, -0.1) is 0 Å². The van der Waals surface area contributed by atoms with Crippen molar-refractivity contribution in [1.29, 1.82) is 0 Å². The second kappa shape index (κ2) is 3.98. The van der Waals surface area contributed by atoms with Crippen LogP contribution in [0.15, 0.2) is 39.7 Å². The summed E-state index contributed by atoms with van der Waals surface area (Å²) in [6.45, 7) is 0. The molecular formula is C11H7NO4. The SMILES string of the molecule is O=CC(=O)Nc1ccc2occc(=O)c2c1. The smallest absolute Gasteiger partial charge is 0.288 e. The third-order valence-corrected chi connectivity index (χ3v) is 2.03. The average molecular weight is 217 g/mol. The van der Waals surface area contributed by atoms with E-state index in [2.05, 4.69) is 5.32 Å². The summed E-state index contributed by atoms with van der Waals surface area (Å²) in [5.41, 5.74) is 0.600. The zero-order chi connectivity index (χ0) is 11.5. The van der Waals surface area contributed by atoms with Crippen molar-refractivity contribution in [3.63, 3.8) is 0 Å². The Hall–Kier alpha value is -2.43. The highest BCUT2D eigenvalue weighted by atomic mass is 16.3. The van der Waals surface area contributed by atoms with Gasteiger partial charge in [0, 0.05) is 11.8 Å². The highest BCUT2D eigenvalue weighted by Crippen LogP contribution is 2.15. The van der Waals surface area contributed by atoms with Crippen LogP contribution in [0.4, 0.5) is 5.69 Å². The zero-order valence-corrected chi connectivity index (χ0v) is 8.10. The van der Waals surface area contributed by atoms with E-state index >= 15 is 0 Å². The Balaban J connectivity index is 2.51. The molecule has 80 valence electrons. The lowest BCUT2D eigenvalue weighted by molar-refractivity contribution is -0.127. The van der Waals surface area contributed by atoms with Gasteiger partial charge in [0.2, 0.25) is 6.29 Å². The summed E-state index contributed by atoms with van der Waals surface area (Å²) in [5, 5.41) is 2.68. The molecule has 0 saturated carbocycles. The van der Waals surface area contributed by atoms with Gasteiger partial charge in [-0.3, -0.25) is 14.4 Å². The number of hydrogen-bond donors (Lipinski definition) is 1. The summed E-state index contributed by atoms with van der Waals surface area (Å²) < 4.78 is 5.10. The van der Waals surface area contributed by atoms with Crippen molar-refractivity contribution in [2.75, 3.05) is 5.32 Å². The van der Waals surface area contributed by atoms with Crippen molar-refractivity contribution in [1.82, 2.24) is 0 Å². The minimum Gasteiger partial charge on any atom is -0.464 e. The van der Waals surface area contributed by atoms with E-state index in [1.165, 1.54) is 18.4 Å². The van der Waals surface area contributed by atoms with Crippen LogP contribution in [0.5, 0.6) is 0 Å². The van der Waals surface area contributed by atoms with E-state index in [4.69, 9.17) is 4.42 Å². The molecular weight excluding hydrogens is 210 g/mol. The molecule has 1 aromatic carbocycles. The number of anilines is 1. The lowest BCUT2D eigenvalue weighted by Gasteiger charge is -2.01. The monoisotopic (exact) mass is 217 g/mol. The van der Waals surface area contributed by atoms with Gasteiger partial charge in [0.25, 0.3) is 5.91 Å². The standard InChI is InChI=1S/C11H7NO4/c13-6-11(15)12-7-1-2-10-8(5-7)9(14)3-4-16-10/h1-6H,(H,12,15). The molecule has 0 unspecified atom stereocenters. The predicted octanol–water partition coefficient (Wildman–Crippen LogP) is 0.930. The number of hydrogen-bond acceptors (Lipinski definition) is 4. The largest absolute Gasteiger partial charge is 0.464 e. The van der Waals surface area contributed by atoms with Gasteiger partial charge in [-0.05, 0) is 18.2 Å². The molecule has 1 heterocycles. The minimum atomic E-state index is -0.764. The fourth-order valence-corrected chi connectivity index (χ4v) is 1.33. The fraction of sp³-hybridized carbons (Fsp3) is 0. The van der Waals surface area contributed by atoms with Crippen LogP contribution in [-0.2, 0) is 9.59 Å². The molecule has 0 spiro atoms. The highest BCUT2D eigenvalue weighted by molar-refractivity contribution is 6.29. The molecule has 1 aromatic heterocycles. The molecule has 2 rings (SSSR count). The average Bonchev–Trinajstić information content (AvgIpc) is 2.30. The molecule has 0 fully saturated rings. The van der Waals surface area contributed by atoms with Crippen LogP contribution < -0.4 is 10.7 Å². The molecule has 1 amide bonds. The van der Waals surface area contributed by atoms with Crippen molar-refractivity contribution in [3.8, 4) is 0 Å². The molecule has 0 aliphatic carbocycles. The highest BCUT2D eigenvalue weighted by Gasteiger charge is 2.03. The van der Waals surface area contributed by atoms with Crippen molar-refractivity contribution in [3.05, 3.63) is 40.8 Å². The number of rotatable bonds is 2. The van der Waals surface area contributed by atoms with Gasteiger partial charge in [-0.25, -0.2) is 0 Å². The Morgan fingerprint density at radius 1 is 1.31 bits per heavy atom. The van der Waals surface area contributed by atoms with Gasteiger partial charge in [-0.1, -0.05) is 0 Å². The second-order valence-corrected chi connectivity index (χ2v) is 3.10. The molecule has 0 bridgehead atoms. The first kappa shape index (κ1) is 10.1. The molecule has 0 aliphatic heterocycles. The maximum absolute atomic E-state index is 11.4. The quantitative estimate of drug-likeness (QED) is 0.599. The van der Waals surface area contributed by atoms with E-state index < -0.39 is 5.91 Å². The predicted molar refractivity (Wildman–Crippen MR) is 57.2 cm³/mol. The zero-order valence-electron chi connectivity index (χ0n) is 8.10. The number of amides is 1. The van der Waals surface area contributed by atoms with E-state index in [-0.39, 0.29) is 11.7 Å². The number of aldehydes is 1. The lowest BCUT2D eigenvalue weighted by atomic mass is 10.2. The molecule has 0 radical (unpaired) electrons. The molecule has 0 atom stereocenters. The van der Waals surface area contributed by atoms with Crippen LogP contribution in [0.25, 0.3) is 11.0 Å². The Morgan fingerprint density at radius 2 is 2.12 bits per heavy atom. The maximum Gasteiger partial charge on any atom is 0.288 e. The maximum atomic E-state index is 11.4. The van der Waals surface area contributed by atoms with E-state index in [1.54, 1.807) is 12.1 Å². The second-order valence-electron chi connectivity index (χ2n) is 3.10. The molecule has 2 aromatic rings. The minimum absolute atomic E-state index is 0.164. The first-order chi connectivity index (χ1) is 7.70. The summed E-state index contributed by atoms with van der Waals surface area (Å²) >= 11 is 0. The van der Waals surface area contributed by atoms with Crippen LogP contribution in [0.3, 0.4) is 0 Å². The van der Waals surface area contributed by atoms with Gasteiger partial charge in [0.1, 0.15) is 5.58 Å². The van der Waals surface area contributed by atoms with Gasteiger partial charge < -0.3 is 9.73 Å². The van der Waals surface area contributed by atoms with Crippen LogP contribution in [0.1, 0.15) is 0 Å². The fourth-order valence-electron chi connectivity index (χ4n) is 1.33. The first-order valence-electron chi connectivity index (χ1n) is 4.48. The van der Waals surface area contributed by atoms with E-state index in [0.717, 1.165) is 0 Å². The molecule has 16 heavy (non-hydrogen) atoms. The van der Waals surface area contributed by atoms with E-state index in [1.807, 2.05) is 0 Å². The van der Waals surface area contributed by atoms with Crippen LogP contribution in [0, 0.1) is 0 Å². The number of carbonyl (C=O) groups excluding carboxylic acids is 2. The molecule has 1 N–H and O–H groups in total. The van der Waals surface area contributed by atoms with Crippen molar-refractivity contribution >= 4 is 28.8 Å². The third-order valence-electron chi connectivity index (χ3n) is 2.03. The number of nitrogens with one attached hydrogen (secondary N) is 1. The summed E-state index contributed by atoms with van der Waals surface area (Å²) in [4.78, 5) is 32.4. The molecule has 0 aliphatic rings. The summed E-state index contributed by atoms with van der Waals surface area (Å²) in [6, 6.07) is 5.85. The number of carbonyl (C=O) groups is 2. The van der Waals surface area contributed by atoms with Gasteiger partial charge in [-0.2, -0.15) is 0 Å². The summed E-state index contributed by atoms with van der Waals surface area (Å²) in [6.07, 6.45) is 1.46. The van der Waals surface area contributed by atoms with E-state index in [9.17, 15) is 14.4 Å². The Bertz CT molecular complexity index is 615. The van der Waals surface area contributed by atoms with Gasteiger partial charge in [0.15, 0.2) is 5.43 Å². The lowest BCUT2D eigenvalue weighted by Crippen LogP contribution is -2.12. The van der Waals surface area contributed by atoms with Crippen LogP contribution >= 0.6 is 0 Å². The molecule has 0 saturated heterocycles. The van der Waals surface area contributed by atoms with E-state index in [0.29, 0.717) is 16.7 Å². The normalized spacial score (nSPS) is 10.0. The van der Waals surface area contributed by atoms with Crippen molar-refractivity contribution in [2.24, 2.45) is 0 Å². The van der Waals surface area contributed by atoms with Gasteiger partial charge >= 0.3 is 0 Å². The molecule has 5 heteroatoms. The third kappa shape index (κ3) is 1.83. The topological polar surface area (TPSA) is 76.4 Å². The van der Waals surface area contributed by atoms with Crippen LogP contribution in [-0.4, -0.2) is 12.2 Å². The van der Waals surface area contributed by atoms with Crippen molar-refractivity contribution < 1.29 is 14.0 Å². The van der Waals surface area contributed by atoms with Crippen LogP contribution in [0.2, 0.25) is 0 Å². The summed E-state index contributed by atoms with van der Waals surface area (Å²) in [5.74, 6) is -0.764. The molecule has 5 nitrogen and oxygen atoms in total. The first-order valence-corrected chi connectivity index (χ1v) is 4.48.